The fourth-order valence-corrected chi connectivity index (χ4v) is 3.84. The van der Waals surface area contributed by atoms with Crippen molar-refractivity contribution in [1.29, 1.82) is 0 Å². The molecule has 1 heterocycles. The van der Waals surface area contributed by atoms with Crippen LogP contribution in [0.15, 0.2) is 23.1 Å². The maximum Gasteiger partial charge on any atom is 0.288 e. The first-order valence-corrected chi connectivity index (χ1v) is 8.90. The van der Waals surface area contributed by atoms with E-state index in [1.165, 1.54) is 12.1 Å². The van der Waals surface area contributed by atoms with Crippen LogP contribution in [0, 0.1) is 16.0 Å². The Morgan fingerprint density at radius 1 is 1.32 bits per heavy atom. The Bertz CT molecular complexity index is 687. The number of sulfone groups is 1. The number of anilines is 1. The van der Waals surface area contributed by atoms with Crippen LogP contribution in [0.1, 0.15) is 6.92 Å². The molecule has 1 saturated heterocycles. The highest BCUT2D eigenvalue weighted by molar-refractivity contribution is 7.90. The highest BCUT2D eigenvalue weighted by Gasteiger charge is 2.32. The van der Waals surface area contributed by atoms with Crippen LogP contribution >= 0.6 is 0 Å². The van der Waals surface area contributed by atoms with Crippen LogP contribution in [0.4, 0.5) is 11.4 Å². The van der Waals surface area contributed by atoms with Gasteiger partial charge in [0.25, 0.3) is 5.69 Å². The monoisotopic (exact) mass is 327 g/mol. The summed E-state index contributed by atoms with van der Waals surface area (Å²) in [5.41, 5.74) is 0.338. The van der Waals surface area contributed by atoms with Gasteiger partial charge in [-0.05, 0) is 32.1 Å². The van der Waals surface area contributed by atoms with Crippen LogP contribution in [-0.4, -0.2) is 57.7 Å². The summed E-state index contributed by atoms with van der Waals surface area (Å²) in [6.07, 6.45) is 0.994. The lowest BCUT2D eigenvalue weighted by atomic mass is 10.1. The summed E-state index contributed by atoms with van der Waals surface area (Å²) < 4.78 is 23.7. The molecule has 2 rings (SSSR count). The average Bonchev–Trinajstić information content (AvgIpc) is 2.79. The number of rotatable bonds is 4. The van der Waals surface area contributed by atoms with E-state index >= 15 is 0 Å². The first-order chi connectivity index (χ1) is 10.1. The smallest absolute Gasteiger partial charge is 0.288 e. The predicted molar refractivity (Wildman–Crippen MR) is 85.1 cm³/mol. The molecular formula is C14H21N3O4S. The number of nitro groups is 1. The van der Waals surface area contributed by atoms with E-state index in [-0.39, 0.29) is 10.6 Å². The number of nitro benzene ring substituents is 1. The van der Waals surface area contributed by atoms with Crippen molar-refractivity contribution in [2.24, 2.45) is 5.92 Å². The highest BCUT2D eigenvalue weighted by atomic mass is 32.2. The van der Waals surface area contributed by atoms with Gasteiger partial charge in [-0.1, -0.05) is 6.92 Å². The van der Waals surface area contributed by atoms with Gasteiger partial charge in [-0.25, -0.2) is 8.42 Å². The zero-order valence-electron chi connectivity index (χ0n) is 13.2. The van der Waals surface area contributed by atoms with Crippen LogP contribution in [-0.2, 0) is 9.84 Å². The van der Waals surface area contributed by atoms with Gasteiger partial charge in [0.1, 0.15) is 4.90 Å². The quantitative estimate of drug-likeness (QED) is 0.614. The molecule has 122 valence electrons. The molecule has 1 fully saturated rings. The molecule has 8 heteroatoms. The maximum absolute atomic E-state index is 11.8. The maximum atomic E-state index is 11.8. The molecular weight excluding hydrogens is 306 g/mol. The Labute approximate surface area is 130 Å². The van der Waals surface area contributed by atoms with Gasteiger partial charge in [-0.3, -0.25) is 10.1 Å². The molecule has 2 unspecified atom stereocenters. The molecule has 0 aromatic heterocycles. The zero-order valence-corrected chi connectivity index (χ0v) is 14.0. The third-order valence-electron chi connectivity index (χ3n) is 4.14. The number of hydrogen-bond donors (Lipinski definition) is 0. The second-order valence-electron chi connectivity index (χ2n) is 6.09. The predicted octanol–water partition coefficient (Wildman–Crippen LogP) is 1.38. The van der Waals surface area contributed by atoms with Crippen LogP contribution in [0.5, 0.6) is 0 Å². The normalized spacial score (nSPS) is 22.3. The van der Waals surface area contributed by atoms with E-state index in [0.717, 1.165) is 19.3 Å². The lowest BCUT2D eigenvalue weighted by Gasteiger charge is -2.23. The summed E-state index contributed by atoms with van der Waals surface area (Å²) in [4.78, 5) is 14.4. The van der Waals surface area contributed by atoms with Crippen molar-refractivity contribution in [3.05, 3.63) is 28.3 Å². The third-order valence-corrected chi connectivity index (χ3v) is 5.27. The number of nitrogens with zero attached hydrogens (tertiary/aromatic N) is 3. The minimum absolute atomic E-state index is 0.226. The van der Waals surface area contributed by atoms with Gasteiger partial charge in [0.2, 0.25) is 0 Å². The molecule has 2 atom stereocenters. The van der Waals surface area contributed by atoms with E-state index in [1.54, 1.807) is 6.07 Å². The summed E-state index contributed by atoms with van der Waals surface area (Å²) in [5.74, 6) is 0.437. The first-order valence-electron chi connectivity index (χ1n) is 7.01. The molecule has 0 aliphatic carbocycles. The molecule has 0 saturated carbocycles. The molecule has 1 aliphatic rings. The van der Waals surface area contributed by atoms with E-state index in [1.807, 2.05) is 14.1 Å². The van der Waals surface area contributed by atoms with E-state index in [0.29, 0.717) is 17.6 Å². The summed E-state index contributed by atoms with van der Waals surface area (Å²) in [5, 5.41) is 11.0. The molecule has 1 aromatic carbocycles. The molecule has 0 radical (unpaired) electrons. The topological polar surface area (TPSA) is 83.8 Å². The summed E-state index contributed by atoms with van der Waals surface area (Å²) >= 11 is 0. The number of hydrogen-bond acceptors (Lipinski definition) is 6. The molecule has 0 amide bonds. The lowest BCUT2D eigenvalue weighted by molar-refractivity contribution is -0.387. The molecule has 0 bridgehead atoms. The molecule has 22 heavy (non-hydrogen) atoms. The molecule has 1 aliphatic heterocycles. The third kappa shape index (κ3) is 3.22. The molecule has 7 nitrogen and oxygen atoms in total. The minimum atomic E-state index is -3.65. The molecule has 0 spiro atoms. The van der Waals surface area contributed by atoms with Crippen LogP contribution in [0.3, 0.4) is 0 Å². The number of benzene rings is 1. The number of likely N-dealkylation sites (N-methyl/N-ethyl adjacent to an activating group) is 1. The van der Waals surface area contributed by atoms with E-state index in [4.69, 9.17) is 0 Å². The lowest BCUT2D eigenvalue weighted by Crippen LogP contribution is -2.34. The van der Waals surface area contributed by atoms with Crippen molar-refractivity contribution >= 4 is 21.2 Å². The Balaban J connectivity index is 2.41. The van der Waals surface area contributed by atoms with Crippen LogP contribution in [0.2, 0.25) is 0 Å². The van der Waals surface area contributed by atoms with Gasteiger partial charge in [-0.2, -0.15) is 0 Å². The first kappa shape index (κ1) is 16.7. The molecule has 1 aromatic rings. The summed E-state index contributed by atoms with van der Waals surface area (Å²) in [7, 11) is 0.380. The van der Waals surface area contributed by atoms with Crippen LogP contribution in [0.25, 0.3) is 0 Å². The van der Waals surface area contributed by atoms with Gasteiger partial charge in [0.05, 0.1) is 4.92 Å². The largest absolute Gasteiger partial charge is 0.370 e. The van der Waals surface area contributed by atoms with Gasteiger partial charge in [0, 0.05) is 37.1 Å². The Morgan fingerprint density at radius 2 is 1.95 bits per heavy atom. The Morgan fingerprint density at radius 3 is 2.41 bits per heavy atom. The van der Waals surface area contributed by atoms with Gasteiger partial charge in [0.15, 0.2) is 9.84 Å². The highest BCUT2D eigenvalue weighted by Crippen LogP contribution is 2.32. The minimum Gasteiger partial charge on any atom is -0.370 e. The van der Waals surface area contributed by atoms with Crippen molar-refractivity contribution in [3.63, 3.8) is 0 Å². The fourth-order valence-electron chi connectivity index (χ4n) is 2.98. The standard InChI is InChI=1S/C14H21N3O4S/c1-10-8-16(9-13(10)15(2)3)11-5-6-12(17(18)19)14(7-11)22(4,20)21/h5-7,10,13H,8-9H2,1-4H3. The fraction of sp³-hybridized carbons (Fsp3) is 0.571. The van der Waals surface area contributed by atoms with E-state index in [2.05, 4.69) is 16.7 Å². The SMILES string of the molecule is CC1CN(c2ccc([N+](=O)[O-])c(S(C)(=O)=O)c2)CC1N(C)C. The average molecular weight is 327 g/mol. The second-order valence-corrected chi connectivity index (χ2v) is 8.08. The second kappa shape index (κ2) is 5.85. The van der Waals surface area contributed by atoms with E-state index in [9.17, 15) is 18.5 Å². The van der Waals surface area contributed by atoms with Crippen molar-refractivity contribution in [2.75, 3.05) is 38.3 Å². The summed E-state index contributed by atoms with van der Waals surface area (Å²) in [6.45, 7) is 3.71. The van der Waals surface area contributed by atoms with Gasteiger partial charge in [-0.15, -0.1) is 0 Å². The molecule has 0 N–H and O–H groups in total. The van der Waals surface area contributed by atoms with E-state index < -0.39 is 14.8 Å². The van der Waals surface area contributed by atoms with Gasteiger partial charge < -0.3 is 9.80 Å². The van der Waals surface area contributed by atoms with Crippen molar-refractivity contribution in [3.8, 4) is 0 Å². The Kier molecular flexibility index (Phi) is 4.44. The van der Waals surface area contributed by atoms with Crippen molar-refractivity contribution in [1.82, 2.24) is 4.90 Å². The zero-order chi connectivity index (χ0) is 16.7. The van der Waals surface area contributed by atoms with Gasteiger partial charge >= 0.3 is 0 Å². The Hall–Kier alpha value is -1.67. The van der Waals surface area contributed by atoms with Crippen LogP contribution < -0.4 is 4.90 Å². The summed E-state index contributed by atoms with van der Waals surface area (Å²) in [6, 6.07) is 4.69. The van der Waals surface area contributed by atoms with Crippen molar-refractivity contribution < 1.29 is 13.3 Å². The van der Waals surface area contributed by atoms with Crippen molar-refractivity contribution in [2.45, 2.75) is 17.9 Å².